The van der Waals surface area contributed by atoms with Crippen molar-refractivity contribution in [2.45, 2.75) is 13.0 Å². The van der Waals surface area contributed by atoms with Crippen molar-refractivity contribution in [2.24, 2.45) is 0 Å². The number of sulfonamides is 1. The Kier molecular flexibility index (Phi) is 3.99. The zero-order valence-corrected chi connectivity index (χ0v) is 8.18. The van der Waals surface area contributed by atoms with Crippen LogP contribution in [0.2, 0.25) is 0 Å². The van der Waals surface area contributed by atoms with Crippen LogP contribution in [-0.4, -0.2) is 45.8 Å². The van der Waals surface area contributed by atoms with E-state index in [1.54, 1.807) is 21.1 Å². The largest absolute Gasteiger partial charge is 0.383 e. The molecule has 0 saturated heterocycles. The molecule has 0 saturated carbocycles. The van der Waals surface area contributed by atoms with Gasteiger partial charge in [-0.3, -0.25) is 0 Å². The van der Waals surface area contributed by atoms with Gasteiger partial charge in [0.2, 0.25) is 10.0 Å². The fourth-order valence-corrected chi connectivity index (χ4v) is 1.39. The molecule has 0 aromatic carbocycles. The molecule has 0 aliphatic heterocycles. The number of hydrogen-bond donors (Lipinski definition) is 0. The average molecular weight is 181 g/mol. The molecule has 4 nitrogen and oxygen atoms in total. The Hall–Kier alpha value is -0.130. The second-order valence-corrected chi connectivity index (χ2v) is 4.63. The van der Waals surface area contributed by atoms with Crippen molar-refractivity contribution in [2.75, 3.05) is 27.0 Å². The second-order valence-electron chi connectivity index (χ2n) is 2.58. The number of ether oxygens (including phenoxy) is 1. The highest BCUT2D eigenvalue weighted by atomic mass is 32.2. The smallest absolute Gasteiger partial charge is 0.211 e. The molecule has 1 unspecified atom stereocenters. The van der Waals surface area contributed by atoms with Crippen molar-refractivity contribution < 1.29 is 13.2 Å². The normalized spacial score (nSPS) is 15.4. The third kappa shape index (κ3) is 3.69. The quantitative estimate of drug-likeness (QED) is 0.609. The zero-order chi connectivity index (χ0) is 9.07. The van der Waals surface area contributed by atoms with Gasteiger partial charge in [-0.15, -0.1) is 0 Å². The van der Waals surface area contributed by atoms with Crippen molar-refractivity contribution in [3.63, 3.8) is 0 Å². The number of methoxy groups -OCH3 is 1. The zero-order valence-electron chi connectivity index (χ0n) is 7.36. The molecule has 1 atom stereocenters. The van der Waals surface area contributed by atoms with Crippen LogP contribution in [0.3, 0.4) is 0 Å². The fraction of sp³-hybridized carbons (Fsp3) is 1.00. The van der Waals surface area contributed by atoms with E-state index in [1.807, 2.05) is 0 Å². The van der Waals surface area contributed by atoms with E-state index in [9.17, 15) is 8.42 Å². The summed E-state index contributed by atoms with van der Waals surface area (Å²) >= 11 is 0. The van der Waals surface area contributed by atoms with E-state index in [0.717, 1.165) is 0 Å². The molecule has 0 aliphatic rings. The summed E-state index contributed by atoms with van der Waals surface area (Å²) in [5.74, 6) is 0. The van der Waals surface area contributed by atoms with Gasteiger partial charge >= 0.3 is 0 Å². The van der Waals surface area contributed by atoms with Crippen molar-refractivity contribution in [3.8, 4) is 0 Å². The van der Waals surface area contributed by atoms with E-state index in [0.29, 0.717) is 6.61 Å². The minimum atomic E-state index is -3.07. The van der Waals surface area contributed by atoms with Crippen LogP contribution < -0.4 is 0 Å². The molecule has 0 fully saturated rings. The van der Waals surface area contributed by atoms with Gasteiger partial charge < -0.3 is 4.74 Å². The van der Waals surface area contributed by atoms with Crippen LogP contribution in [-0.2, 0) is 14.8 Å². The molecular weight excluding hydrogens is 166 g/mol. The summed E-state index contributed by atoms with van der Waals surface area (Å²) < 4.78 is 27.9. The predicted molar refractivity (Wildman–Crippen MR) is 43.9 cm³/mol. The molecule has 11 heavy (non-hydrogen) atoms. The summed E-state index contributed by atoms with van der Waals surface area (Å²) in [5.41, 5.74) is 0. The Morgan fingerprint density at radius 3 is 2.27 bits per heavy atom. The van der Waals surface area contributed by atoms with Gasteiger partial charge in [0, 0.05) is 20.2 Å². The van der Waals surface area contributed by atoms with Gasteiger partial charge in [-0.2, -0.15) is 0 Å². The molecular formula is C6H15NO3S. The Balaban J connectivity index is 4.14. The highest BCUT2D eigenvalue weighted by molar-refractivity contribution is 7.88. The lowest BCUT2D eigenvalue weighted by atomic mass is 10.4. The molecule has 0 aliphatic carbocycles. The number of rotatable bonds is 4. The van der Waals surface area contributed by atoms with Crippen molar-refractivity contribution in [1.29, 1.82) is 0 Å². The third-order valence-electron chi connectivity index (χ3n) is 1.55. The van der Waals surface area contributed by atoms with Crippen molar-refractivity contribution >= 4 is 10.0 Å². The van der Waals surface area contributed by atoms with Gasteiger partial charge in [-0.05, 0) is 6.92 Å². The highest BCUT2D eigenvalue weighted by Crippen LogP contribution is 2.00. The summed E-state index contributed by atoms with van der Waals surface area (Å²) in [5, 5.41) is 0. The van der Waals surface area contributed by atoms with Crippen LogP contribution in [0.4, 0.5) is 0 Å². The number of nitrogens with zero attached hydrogens (tertiary/aromatic N) is 1. The molecule has 0 radical (unpaired) electrons. The molecule has 0 heterocycles. The maximum atomic E-state index is 10.9. The first-order valence-electron chi connectivity index (χ1n) is 3.31. The molecule has 0 N–H and O–H groups in total. The van der Waals surface area contributed by atoms with E-state index in [4.69, 9.17) is 4.74 Å². The van der Waals surface area contributed by atoms with Crippen LogP contribution in [0.25, 0.3) is 0 Å². The summed E-state index contributed by atoms with van der Waals surface area (Å²) in [4.78, 5) is 0. The number of likely N-dealkylation sites (N-methyl/N-ethyl adjacent to an activating group) is 1. The van der Waals surface area contributed by atoms with Gasteiger partial charge in [0.05, 0.1) is 12.9 Å². The minimum absolute atomic E-state index is 0.102. The minimum Gasteiger partial charge on any atom is -0.383 e. The molecule has 0 rings (SSSR count). The second kappa shape index (κ2) is 4.04. The SMILES string of the molecule is COCC(C)N(C)S(C)(=O)=O. The average Bonchev–Trinajstić information content (AvgIpc) is 1.85. The molecule has 0 aromatic heterocycles. The van der Waals surface area contributed by atoms with E-state index in [-0.39, 0.29) is 6.04 Å². The van der Waals surface area contributed by atoms with E-state index in [1.165, 1.54) is 10.6 Å². The van der Waals surface area contributed by atoms with E-state index >= 15 is 0 Å². The van der Waals surface area contributed by atoms with Gasteiger partial charge in [0.25, 0.3) is 0 Å². The predicted octanol–water partition coefficient (Wildman–Crippen LogP) is -0.0873. The summed E-state index contributed by atoms with van der Waals surface area (Å²) in [6, 6.07) is -0.102. The first-order chi connectivity index (χ1) is 4.89. The van der Waals surface area contributed by atoms with Crippen molar-refractivity contribution in [1.82, 2.24) is 4.31 Å². The Morgan fingerprint density at radius 1 is 1.55 bits per heavy atom. The first-order valence-corrected chi connectivity index (χ1v) is 5.16. The van der Waals surface area contributed by atoms with Crippen LogP contribution in [0.1, 0.15) is 6.92 Å². The molecule has 0 amide bonds. The topological polar surface area (TPSA) is 46.6 Å². The van der Waals surface area contributed by atoms with Crippen molar-refractivity contribution in [3.05, 3.63) is 0 Å². The Morgan fingerprint density at radius 2 is 2.00 bits per heavy atom. The highest BCUT2D eigenvalue weighted by Gasteiger charge is 2.17. The maximum absolute atomic E-state index is 10.9. The van der Waals surface area contributed by atoms with Crippen LogP contribution in [0.15, 0.2) is 0 Å². The summed E-state index contributed by atoms with van der Waals surface area (Å²) in [6.07, 6.45) is 1.18. The van der Waals surface area contributed by atoms with Gasteiger partial charge in [0.15, 0.2) is 0 Å². The standard InChI is InChI=1S/C6H15NO3S/c1-6(5-10-3)7(2)11(4,8)9/h6H,5H2,1-4H3. The third-order valence-corrected chi connectivity index (χ3v) is 2.96. The molecule has 5 heteroatoms. The lowest BCUT2D eigenvalue weighted by molar-refractivity contribution is 0.149. The summed E-state index contributed by atoms with van der Waals surface area (Å²) in [6.45, 7) is 2.22. The fourth-order valence-electron chi connectivity index (χ4n) is 0.673. The van der Waals surface area contributed by atoms with Crippen LogP contribution in [0, 0.1) is 0 Å². The Bertz CT molecular complexity index is 200. The van der Waals surface area contributed by atoms with Gasteiger partial charge in [0.1, 0.15) is 0 Å². The van der Waals surface area contributed by atoms with Crippen LogP contribution >= 0.6 is 0 Å². The maximum Gasteiger partial charge on any atom is 0.211 e. The Labute approximate surface area is 68.2 Å². The van der Waals surface area contributed by atoms with Gasteiger partial charge in [-0.25, -0.2) is 12.7 Å². The van der Waals surface area contributed by atoms with E-state index in [2.05, 4.69) is 0 Å². The lowest BCUT2D eigenvalue weighted by Gasteiger charge is -2.21. The molecule has 68 valence electrons. The first kappa shape index (κ1) is 10.9. The number of hydrogen-bond acceptors (Lipinski definition) is 3. The molecule has 0 bridgehead atoms. The van der Waals surface area contributed by atoms with E-state index < -0.39 is 10.0 Å². The lowest BCUT2D eigenvalue weighted by Crippen LogP contribution is -2.36. The summed E-state index contributed by atoms with van der Waals surface area (Å²) in [7, 11) is 0.0180. The van der Waals surface area contributed by atoms with Gasteiger partial charge in [-0.1, -0.05) is 0 Å². The molecule has 0 spiro atoms. The monoisotopic (exact) mass is 181 g/mol. The van der Waals surface area contributed by atoms with Crippen LogP contribution in [0.5, 0.6) is 0 Å². The molecule has 0 aromatic rings.